The summed E-state index contributed by atoms with van der Waals surface area (Å²) in [6.45, 7) is 2.29. The van der Waals surface area contributed by atoms with Crippen LogP contribution in [0.5, 0.6) is 5.75 Å². The molecule has 22 heavy (non-hydrogen) atoms. The van der Waals surface area contributed by atoms with Crippen molar-refractivity contribution in [1.29, 1.82) is 0 Å². The Morgan fingerprint density at radius 2 is 2.05 bits per heavy atom. The molecule has 2 amide bonds. The van der Waals surface area contributed by atoms with Crippen molar-refractivity contribution in [2.45, 2.75) is 13.5 Å². The number of hydrogen-bond donors (Lipinski definition) is 2. The van der Waals surface area contributed by atoms with E-state index in [0.29, 0.717) is 23.0 Å². The number of nitrogens with one attached hydrogen (secondary N) is 2. The van der Waals surface area contributed by atoms with Crippen LogP contribution in [0.4, 0.5) is 10.5 Å². The van der Waals surface area contributed by atoms with Gasteiger partial charge in [-0.1, -0.05) is 45.7 Å². The van der Waals surface area contributed by atoms with Gasteiger partial charge in [0.25, 0.3) is 0 Å². The van der Waals surface area contributed by atoms with Gasteiger partial charge in [-0.05, 0) is 30.2 Å². The van der Waals surface area contributed by atoms with Gasteiger partial charge in [0.05, 0.1) is 12.8 Å². The number of anilines is 1. The molecule has 2 aromatic rings. The minimum atomic E-state index is -0.309. The third-order valence-electron chi connectivity index (χ3n) is 3.13. The summed E-state index contributed by atoms with van der Waals surface area (Å²) in [7, 11) is 1.53. The largest absolute Gasteiger partial charge is 0.495 e. The summed E-state index contributed by atoms with van der Waals surface area (Å²) >= 11 is 9.49. The van der Waals surface area contributed by atoms with Crippen LogP contribution in [0.15, 0.2) is 40.9 Å². The van der Waals surface area contributed by atoms with Crippen LogP contribution in [0.2, 0.25) is 5.02 Å². The summed E-state index contributed by atoms with van der Waals surface area (Å²) in [6, 6.07) is 10.9. The van der Waals surface area contributed by atoms with Crippen molar-refractivity contribution in [2.75, 3.05) is 12.4 Å². The van der Waals surface area contributed by atoms with Gasteiger partial charge in [-0.3, -0.25) is 0 Å². The van der Waals surface area contributed by atoms with Crippen LogP contribution in [-0.4, -0.2) is 13.1 Å². The molecule has 0 aromatic heterocycles. The molecule has 2 rings (SSSR count). The Morgan fingerprint density at radius 3 is 2.73 bits per heavy atom. The van der Waals surface area contributed by atoms with E-state index >= 15 is 0 Å². The number of halogens is 2. The maximum absolute atomic E-state index is 12.0. The maximum atomic E-state index is 12.0. The van der Waals surface area contributed by atoms with Gasteiger partial charge in [0.15, 0.2) is 0 Å². The second-order valence-electron chi connectivity index (χ2n) is 4.70. The molecule has 4 nitrogen and oxygen atoms in total. The molecule has 6 heteroatoms. The number of urea groups is 1. The Bertz CT molecular complexity index is 692. The van der Waals surface area contributed by atoms with Gasteiger partial charge in [0.2, 0.25) is 0 Å². The van der Waals surface area contributed by atoms with E-state index in [0.717, 1.165) is 15.6 Å². The number of methoxy groups -OCH3 is 1. The molecule has 0 bridgehead atoms. The summed E-state index contributed by atoms with van der Waals surface area (Å²) in [5.74, 6) is 0.520. The lowest BCUT2D eigenvalue weighted by Gasteiger charge is -2.13. The first-order chi connectivity index (χ1) is 10.5. The average Bonchev–Trinajstić information content (AvgIpc) is 2.50. The van der Waals surface area contributed by atoms with Crippen molar-refractivity contribution in [2.24, 2.45) is 0 Å². The maximum Gasteiger partial charge on any atom is 0.319 e. The lowest BCUT2D eigenvalue weighted by molar-refractivity contribution is 0.251. The lowest BCUT2D eigenvalue weighted by atomic mass is 10.2. The van der Waals surface area contributed by atoms with Crippen LogP contribution >= 0.6 is 27.5 Å². The molecule has 0 spiro atoms. The number of carbonyl (C=O) groups is 1. The van der Waals surface area contributed by atoms with E-state index < -0.39 is 0 Å². The fourth-order valence-corrected chi connectivity index (χ4v) is 2.49. The van der Waals surface area contributed by atoms with Crippen molar-refractivity contribution in [3.63, 3.8) is 0 Å². The van der Waals surface area contributed by atoms with Crippen molar-refractivity contribution in [1.82, 2.24) is 5.32 Å². The SMILES string of the molecule is COc1cc(Cl)c(C)cc1NC(=O)NCc1ccccc1Br. The highest BCUT2D eigenvalue weighted by Gasteiger charge is 2.10. The molecule has 2 N–H and O–H groups in total. The number of amides is 2. The molecule has 0 heterocycles. The third kappa shape index (κ3) is 4.15. The summed E-state index contributed by atoms with van der Waals surface area (Å²) in [5.41, 5.74) is 2.44. The number of rotatable bonds is 4. The zero-order chi connectivity index (χ0) is 16.1. The summed E-state index contributed by atoms with van der Waals surface area (Å²) < 4.78 is 6.18. The van der Waals surface area contributed by atoms with Crippen molar-refractivity contribution in [3.8, 4) is 5.75 Å². The van der Waals surface area contributed by atoms with Crippen molar-refractivity contribution < 1.29 is 9.53 Å². The van der Waals surface area contributed by atoms with E-state index in [9.17, 15) is 4.79 Å². The van der Waals surface area contributed by atoms with Crippen LogP contribution < -0.4 is 15.4 Å². The van der Waals surface area contributed by atoms with Gasteiger partial charge >= 0.3 is 6.03 Å². The zero-order valence-electron chi connectivity index (χ0n) is 12.2. The number of aryl methyl sites for hydroxylation is 1. The molecular weight excluding hydrogens is 368 g/mol. The van der Waals surface area contributed by atoms with E-state index in [2.05, 4.69) is 26.6 Å². The van der Waals surface area contributed by atoms with Crippen LogP contribution in [0.3, 0.4) is 0 Å². The van der Waals surface area contributed by atoms with E-state index in [-0.39, 0.29) is 6.03 Å². The minimum absolute atomic E-state index is 0.309. The first-order valence-electron chi connectivity index (χ1n) is 6.63. The Balaban J connectivity index is 2.03. The van der Waals surface area contributed by atoms with Gasteiger partial charge in [-0.25, -0.2) is 4.79 Å². The molecular formula is C16H16BrClN2O2. The molecule has 0 aliphatic carbocycles. The highest BCUT2D eigenvalue weighted by atomic mass is 79.9. The molecule has 0 radical (unpaired) electrons. The van der Waals surface area contributed by atoms with E-state index in [4.69, 9.17) is 16.3 Å². The molecule has 0 unspecified atom stereocenters. The average molecular weight is 384 g/mol. The fraction of sp³-hybridized carbons (Fsp3) is 0.188. The van der Waals surface area contributed by atoms with E-state index in [1.54, 1.807) is 12.1 Å². The Hall–Kier alpha value is -1.72. The van der Waals surface area contributed by atoms with Gasteiger partial charge in [0, 0.05) is 22.1 Å². The number of benzene rings is 2. The van der Waals surface area contributed by atoms with Gasteiger partial charge in [0.1, 0.15) is 5.75 Å². The third-order valence-corrected chi connectivity index (χ3v) is 4.31. The van der Waals surface area contributed by atoms with Crippen LogP contribution in [-0.2, 0) is 6.54 Å². The Kier molecular flexibility index (Phi) is 5.69. The molecule has 0 saturated carbocycles. The topological polar surface area (TPSA) is 50.4 Å². The monoisotopic (exact) mass is 382 g/mol. The number of ether oxygens (including phenoxy) is 1. The number of hydrogen-bond acceptors (Lipinski definition) is 2. The molecule has 0 atom stereocenters. The van der Waals surface area contributed by atoms with Crippen molar-refractivity contribution >= 4 is 39.2 Å². The summed E-state index contributed by atoms with van der Waals surface area (Å²) in [5, 5.41) is 6.17. The standard InChI is InChI=1S/C16H16BrClN2O2/c1-10-7-14(15(22-2)8-13(10)18)20-16(21)19-9-11-5-3-4-6-12(11)17/h3-8H,9H2,1-2H3,(H2,19,20,21). The predicted octanol–water partition coefficient (Wildman–Crippen LogP) is 4.74. The van der Waals surface area contributed by atoms with Crippen LogP contribution in [0.1, 0.15) is 11.1 Å². The van der Waals surface area contributed by atoms with Gasteiger partial charge in [-0.2, -0.15) is 0 Å². The summed E-state index contributed by atoms with van der Waals surface area (Å²) in [4.78, 5) is 12.0. The smallest absolute Gasteiger partial charge is 0.319 e. The second-order valence-corrected chi connectivity index (χ2v) is 5.96. The minimum Gasteiger partial charge on any atom is -0.495 e. The first kappa shape index (κ1) is 16.6. The van der Waals surface area contributed by atoms with Crippen LogP contribution in [0, 0.1) is 6.92 Å². The molecule has 0 aliphatic rings. The molecule has 0 saturated heterocycles. The molecule has 2 aromatic carbocycles. The summed E-state index contributed by atoms with van der Waals surface area (Å²) in [6.07, 6.45) is 0. The quantitative estimate of drug-likeness (QED) is 0.801. The molecule has 0 aliphatic heterocycles. The van der Waals surface area contributed by atoms with E-state index in [1.807, 2.05) is 31.2 Å². The fourth-order valence-electron chi connectivity index (χ4n) is 1.91. The van der Waals surface area contributed by atoms with Crippen molar-refractivity contribution in [3.05, 3.63) is 57.0 Å². The number of carbonyl (C=O) groups excluding carboxylic acids is 1. The molecule has 116 valence electrons. The van der Waals surface area contributed by atoms with Gasteiger partial charge < -0.3 is 15.4 Å². The highest BCUT2D eigenvalue weighted by Crippen LogP contribution is 2.30. The normalized spacial score (nSPS) is 10.2. The first-order valence-corrected chi connectivity index (χ1v) is 7.80. The van der Waals surface area contributed by atoms with Gasteiger partial charge in [-0.15, -0.1) is 0 Å². The predicted molar refractivity (Wildman–Crippen MR) is 92.7 cm³/mol. The van der Waals surface area contributed by atoms with Crippen LogP contribution in [0.25, 0.3) is 0 Å². The second kappa shape index (κ2) is 7.51. The highest BCUT2D eigenvalue weighted by molar-refractivity contribution is 9.10. The lowest BCUT2D eigenvalue weighted by Crippen LogP contribution is -2.28. The molecule has 0 fully saturated rings. The zero-order valence-corrected chi connectivity index (χ0v) is 14.6. The van der Waals surface area contributed by atoms with E-state index in [1.165, 1.54) is 7.11 Å². The Labute approximate surface area is 142 Å². The Morgan fingerprint density at radius 1 is 1.32 bits per heavy atom.